The molecule has 0 spiro atoms. The van der Waals surface area contributed by atoms with E-state index in [4.69, 9.17) is 24.0 Å². The number of unbranched alkanes of at least 4 members (excludes halogenated alkanes) is 2. The van der Waals surface area contributed by atoms with E-state index in [1.165, 1.54) is 18.5 Å². The molecule has 14 heteroatoms. The molecular weight excluding hydrogens is 578 g/mol. The van der Waals surface area contributed by atoms with E-state index in [9.17, 15) is 9.36 Å². The fraction of sp³-hybridized carbons (Fsp3) is 0.621. The molecule has 43 heavy (non-hydrogen) atoms. The quantitative estimate of drug-likeness (QED) is 0.0672. The van der Waals surface area contributed by atoms with Gasteiger partial charge in [-0.2, -0.15) is 0 Å². The predicted octanol–water partition coefficient (Wildman–Crippen LogP) is 6.40. The van der Waals surface area contributed by atoms with Crippen LogP contribution in [-0.2, 0) is 28.5 Å². The summed E-state index contributed by atoms with van der Waals surface area (Å²) in [4.78, 5) is 20.7. The molecule has 2 heterocycles. The first-order valence-corrected chi connectivity index (χ1v) is 16.4. The smallest absolute Gasteiger partial charge is 0.397 e. The monoisotopic (exact) mass is 624 g/mol. The van der Waals surface area contributed by atoms with Crippen LogP contribution >= 0.6 is 7.82 Å². The molecule has 0 saturated carbocycles. The average Bonchev–Trinajstić information content (AvgIpc) is 3.49. The Balaban J connectivity index is 1.87. The Labute approximate surface area is 253 Å². The second-order valence-electron chi connectivity index (χ2n) is 10.7. The molecule has 3 rings (SSSR count). The third-order valence-electron chi connectivity index (χ3n) is 6.77. The van der Waals surface area contributed by atoms with Crippen molar-refractivity contribution in [3.63, 3.8) is 0 Å². The van der Waals surface area contributed by atoms with E-state index in [0.717, 1.165) is 19.3 Å². The average molecular weight is 625 g/mol. The van der Waals surface area contributed by atoms with Crippen LogP contribution in [0.25, 0.3) is 11.1 Å². The minimum Gasteiger partial charge on any atom is -0.397 e. The number of urea groups is 1. The highest BCUT2D eigenvalue weighted by Gasteiger charge is 2.38. The molecule has 1 fully saturated rings. The molecule has 12 nitrogen and oxygen atoms in total. The van der Waals surface area contributed by atoms with Gasteiger partial charge in [0, 0.05) is 42.2 Å². The van der Waals surface area contributed by atoms with Gasteiger partial charge in [-0.05, 0) is 52.5 Å². The molecule has 1 aromatic carbocycles. The van der Waals surface area contributed by atoms with Crippen molar-refractivity contribution in [3.05, 3.63) is 35.7 Å². The van der Waals surface area contributed by atoms with Crippen LogP contribution in [0.15, 0.2) is 18.5 Å². The van der Waals surface area contributed by atoms with Gasteiger partial charge in [-0.3, -0.25) is 13.6 Å². The van der Waals surface area contributed by atoms with Gasteiger partial charge in [-0.15, -0.1) is 0 Å². The first kappa shape index (κ1) is 34.7. The maximum absolute atomic E-state index is 16.2. The zero-order valence-corrected chi connectivity index (χ0v) is 26.7. The van der Waals surface area contributed by atoms with Crippen molar-refractivity contribution in [1.82, 2.24) is 20.6 Å². The van der Waals surface area contributed by atoms with E-state index in [2.05, 4.69) is 25.9 Å². The molecule has 5 N–H and O–H groups in total. The van der Waals surface area contributed by atoms with E-state index >= 15 is 4.39 Å². The van der Waals surface area contributed by atoms with E-state index in [0.29, 0.717) is 43.7 Å². The maximum atomic E-state index is 16.2. The van der Waals surface area contributed by atoms with E-state index in [1.54, 1.807) is 13.8 Å². The van der Waals surface area contributed by atoms with Crippen LogP contribution in [0.2, 0.25) is 0 Å². The number of phosphoric ester groups is 1. The van der Waals surface area contributed by atoms with Crippen LogP contribution in [0.5, 0.6) is 0 Å². The summed E-state index contributed by atoms with van der Waals surface area (Å²) in [7, 11) is -3.90. The van der Waals surface area contributed by atoms with Gasteiger partial charge in [0.2, 0.25) is 0 Å². The maximum Gasteiger partial charge on any atom is 0.475 e. The molecule has 0 bridgehead atoms. The zero-order chi connectivity index (χ0) is 31.5. The summed E-state index contributed by atoms with van der Waals surface area (Å²) in [6.45, 7) is 10.6. The molecule has 1 atom stereocenters. The standard InChI is InChI=1S/C29H46FN6O6P/c1-6-9-14-40-43(38,41-15-10-7-2)42-29(4,5)27-33-17-20(18-34-27)21-16-22(31)26(35-19-36-28(37)32-8-3)24(25(21)30)23-12-11-13-39-23/h16-18,23,35H,6-15,19,31H2,1-5H3,(H2,32,36,37)/t23-/m1/s1. The summed E-state index contributed by atoms with van der Waals surface area (Å²) >= 11 is 0. The summed E-state index contributed by atoms with van der Waals surface area (Å²) in [5.41, 5.74) is 6.68. The highest BCUT2D eigenvalue weighted by Crippen LogP contribution is 2.54. The van der Waals surface area contributed by atoms with Crippen molar-refractivity contribution in [2.75, 3.05) is 44.1 Å². The fourth-order valence-electron chi connectivity index (χ4n) is 4.48. The summed E-state index contributed by atoms with van der Waals surface area (Å²) in [6.07, 6.45) is 6.98. The number of anilines is 2. The topological polar surface area (TPSA) is 159 Å². The van der Waals surface area contributed by atoms with Crippen LogP contribution in [0.1, 0.15) is 90.6 Å². The third-order valence-corrected chi connectivity index (χ3v) is 8.45. The molecule has 1 saturated heterocycles. The largest absolute Gasteiger partial charge is 0.475 e. The lowest BCUT2D eigenvalue weighted by molar-refractivity contribution is 0.0234. The van der Waals surface area contributed by atoms with Gasteiger partial charge in [-0.1, -0.05) is 26.7 Å². The first-order valence-electron chi connectivity index (χ1n) is 15.0. The molecular formula is C29H46FN6O6P. The van der Waals surface area contributed by atoms with E-state index < -0.39 is 25.3 Å². The van der Waals surface area contributed by atoms with Crippen LogP contribution in [0.3, 0.4) is 0 Å². The highest BCUT2D eigenvalue weighted by molar-refractivity contribution is 7.48. The second-order valence-corrected chi connectivity index (χ2v) is 12.3. The van der Waals surface area contributed by atoms with Crippen molar-refractivity contribution in [2.24, 2.45) is 0 Å². The van der Waals surface area contributed by atoms with Crippen LogP contribution in [0.4, 0.5) is 20.6 Å². The Hall–Kier alpha value is -2.83. The number of nitrogens with one attached hydrogen (secondary N) is 3. The van der Waals surface area contributed by atoms with Gasteiger partial charge in [0.1, 0.15) is 11.4 Å². The SMILES string of the molecule is CCCCOP(=O)(OCCCC)OC(C)(C)c1ncc(-c2cc(N)c(NCNC(=O)NCC)c([C@H]3CCCO3)c2F)cn1. The van der Waals surface area contributed by atoms with Crippen molar-refractivity contribution in [2.45, 2.75) is 84.8 Å². The number of carbonyl (C=O) groups excluding carboxylic acids is 1. The van der Waals surface area contributed by atoms with Gasteiger partial charge in [0.05, 0.1) is 37.4 Å². The zero-order valence-electron chi connectivity index (χ0n) is 25.8. The Morgan fingerprint density at radius 2 is 1.79 bits per heavy atom. The van der Waals surface area contributed by atoms with Gasteiger partial charge < -0.3 is 26.4 Å². The number of nitrogen functional groups attached to an aromatic ring is 1. The number of carbonyl (C=O) groups is 1. The van der Waals surface area contributed by atoms with Crippen molar-refractivity contribution in [1.29, 1.82) is 0 Å². The third kappa shape index (κ3) is 9.58. The molecule has 1 aliphatic heterocycles. The lowest BCUT2D eigenvalue weighted by atomic mass is 9.96. The highest BCUT2D eigenvalue weighted by atomic mass is 31.2. The summed E-state index contributed by atoms with van der Waals surface area (Å²) in [6, 6.07) is 1.14. The second kappa shape index (κ2) is 16.3. The number of nitrogens with two attached hydrogens (primary N) is 1. The predicted molar refractivity (Wildman–Crippen MR) is 164 cm³/mol. The molecule has 1 aromatic heterocycles. The number of hydrogen-bond acceptors (Lipinski definition) is 10. The number of phosphoric acid groups is 1. The van der Waals surface area contributed by atoms with Crippen molar-refractivity contribution in [3.8, 4) is 11.1 Å². The van der Waals surface area contributed by atoms with Gasteiger partial charge in [0.15, 0.2) is 5.82 Å². The van der Waals surface area contributed by atoms with E-state index in [-0.39, 0.29) is 48.6 Å². The summed E-state index contributed by atoms with van der Waals surface area (Å²) in [5, 5.41) is 8.33. The molecule has 1 aliphatic rings. The number of amides is 2. The lowest BCUT2D eigenvalue weighted by Gasteiger charge is -2.28. The number of halogens is 1. The number of ether oxygens (including phenoxy) is 1. The first-order chi connectivity index (χ1) is 20.5. The molecule has 0 radical (unpaired) electrons. The number of hydrogen-bond donors (Lipinski definition) is 4. The molecule has 0 aliphatic carbocycles. The fourth-order valence-corrected chi connectivity index (χ4v) is 6.01. The van der Waals surface area contributed by atoms with Crippen LogP contribution < -0.4 is 21.7 Å². The Kier molecular flexibility index (Phi) is 13.1. The molecule has 2 amide bonds. The Morgan fingerprint density at radius 1 is 1.14 bits per heavy atom. The summed E-state index contributed by atoms with van der Waals surface area (Å²) in [5.74, 6) is -0.302. The minimum atomic E-state index is -3.90. The molecule has 240 valence electrons. The number of aromatic nitrogens is 2. The molecule has 2 aromatic rings. The lowest BCUT2D eigenvalue weighted by Crippen LogP contribution is -2.38. The Bertz CT molecular complexity index is 1230. The minimum absolute atomic E-state index is 0.0373. The van der Waals surface area contributed by atoms with Crippen LogP contribution in [-0.4, -0.2) is 49.0 Å². The van der Waals surface area contributed by atoms with Crippen molar-refractivity contribution >= 4 is 25.2 Å². The van der Waals surface area contributed by atoms with Gasteiger partial charge >= 0.3 is 13.9 Å². The van der Waals surface area contributed by atoms with Gasteiger partial charge in [0.25, 0.3) is 0 Å². The van der Waals surface area contributed by atoms with E-state index in [1.807, 2.05) is 20.8 Å². The van der Waals surface area contributed by atoms with Crippen molar-refractivity contribution < 1.29 is 32.1 Å². The number of nitrogens with zero attached hydrogens (tertiary/aromatic N) is 2. The van der Waals surface area contributed by atoms with Crippen LogP contribution in [0, 0.1) is 5.82 Å². The Morgan fingerprint density at radius 3 is 2.35 bits per heavy atom. The van der Waals surface area contributed by atoms with Gasteiger partial charge in [-0.25, -0.2) is 23.7 Å². The normalized spacial score (nSPS) is 15.4. The number of rotatable bonds is 17. The number of benzene rings is 1. The summed E-state index contributed by atoms with van der Waals surface area (Å²) < 4.78 is 52.5. The molecule has 0 unspecified atom stereocenters.